The zero-order valence-corrected chi connectivity index (χ0v) is 15.0. The Morgan fingerprint density at radius 2 is 1.71 bits per heavy atom. The quantitative estimate of drug-likeness (QED) is 0.570. The lowest BCUT2D eigenvalue weighted by Gasteiger charge is -2.10. The number of para-hydroxylation sites is 1. The molecule has 1 aliphatic heterocycles. The summed E-state index contributed by atoms with van der Waals surface area (Å²) in [5.74, 6) is -0.577. The van der Waals surface area contributed by atoms with Crippen molar-refractivity contribution >= 4 is 17.7 Å². The minimum Gasteiger partial charge on any atom is -0.490 e. The Bertz CT molecular complexity index is 894. The van der Waals surface area contributed by atoms with Crippen LogP contribution in [0.3, 0.4) is 0 Å². The molecule has 0 bridgehead atoms. The van der Waals surface area contributed by atoms with E-state index in [4.69, 9.17) is 24.7 Å². The van der Waals surface area contributed by atoms with E-state index >= 15 is 0 Å². The average Bonchev–Trinajstić information content (AvgIpc) is 2.95. The fourth-order valence-electron chi connectivity index (χ4n) is 2.54. The minimum absolute atomic E-state index is 0.151. The Morgan fingerprint density at radius 1 is 0.964 bits per heavy atom. The summed E-state index contributed by atoms with van der Waals surface area (Å²) in [6.45, 7) is 0.151. The van der Waals surface area contributed by atoms with Gasteiger partial charge in [-0.05, 0) is 30.3 Å². The van der Waals surface area contributed by atoms with Gasteiger partial charge in [0.15, 0.2) is 30.5 Å². The van der Waals surface area contributed by atoms with Gasteiger partial charge in [0.05, 0.1) is 18.8 Å². The molecule has 2 aromatic rings. The predicted octanol–water partition coefficient (Wildman–Crippen LogP) is 1.75. The van der Waals surface area contributed by atoms with Crippen molar-refractivity contribution in [1.82, 2.24) is 0 Å². The molecule has 0 saturated heterocycles. The lowest BCUT2D eigenvalue weighted by atomic mass is 10.1. The van der Waals surface area contributed by atoms with Crippen LogP contribution in [0.2, 0.25) is 0 Å². The van der Waals surface area contributed by atoms with Crippen molar-refractivity contribution < 1.29 is 33.3 Å². The molecule has 8 nitrogen and oxygen atoms in total. The van der Waals surface area contributed by atoms with Crippen LogP contribution < -0.4 is 19.9 Å². The largest absolute Gasteiger partial charge is 0.490 e. The fraction of sp³-hybridized carbons (Fsp3) is 0.250. The van der Waals surface area contributed by atoms with Crippen LogP contribution in [0.4, 0.5) is 0 Å². The van der Waals surface area contributed by atoms with Crippen LogP contribution in [0.15, 0.2) is 42.5 Å². The normalized spacial score (nSPS) is 12.6. The van der Waals surface area contributed by atoms with E-state index in [-0.39, 0.29) is 17.1 Å². The van der Waals surface area contributed by atoms with E-state index in [2.05, 4.69) is 0 Å². The predicted molar refractivity (Wildman–Crippen MR) is 97.8 cm³/mol. The highest BCUT2D eigenvalue weighted by atomic mass is 16.6. The van der Waals surface area contributed by atoms with Crippen LogP contribution >= 0.6 is 0 Å². The van der Waals surface area contributed by atoms with Crippen LogP contribution in [0, 0.1) is 0 Å². The molecule has 0 aromatic heterocycles. The maximum absolute atomic E-state index is 12.3. The molecule has 146 valence electrons. The second kappa shape index (κ2) is 8.90. The third-order valence-corrected chi connectivity index (χ3v) is 3.93. The molecule has 1 aliphatic rings. The summed E-state index contributed by atoms with van der Waals surface area (Å²) < 4.78 is 21.3. The number of hydrogen-bond donors (Lipinski definition) is 1. The summed E-state index contributed by atoms with van der Waals surface area (Å²) in [5.41, 5.74) is 5.74. The van der Waals surface area contributed by atoms with Crippen LogP contribution in [0.5, 0.6) is 17.2 Å². The molecule has 0 spiro atoms. The molecule has 2 aromatic carbocycles. The van der Waals surface area contributed by atoms with E-state index in [0.29, 0.717) is 30.3 Å². The molecule has 8 heteroatoms. The first-order valence-electron chi connectivity index (χ1n) is 8.64. The monoisotopic (exact) mass is 385 g/mol. The molecule has 0 unspecified atom stereocenters. The second-order valence-corrected chi connectivity index (χ2v) is 5.94. The Balaban J connectivity index is 1.53. The van der Waals surface area contributed by atoms with Gasteiger partial charge < -0.3 is 24.7 Å². The molecule has 0 fully saturated rings. The van der Waals surface area contributed by atoms with Crippen LogP contribution in [-0.2, 0) is 9.53 Å². The summed E-state index contributed by atoms with van der Waals surface area (Å²) in [6, 6.07) is 11.1. The number of amides is 1. The highest BCUT2D eigenvalue weighted by molar-refractivity contribution is 5.98. The highest BCUT2D eigenvalue weighted by Gasteiger charge is 2.16. The number of benzene rings is 2. The highest BCUT2D eigenvalue weighted by Crippen LogP contribution is 2.30. The molecule has 1 heterocycles. The topological polar surface area (TPSA) is 114 Å². The van der Waals surface area contributed by atoms with Gasteiger partial charge in [-0.3, -0.25) is 9.59 Å². The molecular formula is C20H19NO7. The number of ether oxygens (including phenoxy) is 4. The van der Waals surface area contributed by atoms with Crippen LogP contribution in [0.25, 0.3) is 0 Å². The van der Waals surface area contributed by atoms with Crippen molar-refractivity contribution in [1.29, 1.82) is 0 Å². The third-order valence-electron chi connectivity index (χ3n) is 3.93. The maximum Gasteiger partial charge on any atom is 0.344 e. The van der Waals surface area contributed by atoms with Crippen LogP contribution in [0.1, 0.15) is 27.1 Å². The molecule has 1 amide bonds. The number of carbonyl (C=O) groups excluding carboxylic acids is 3. The number of rotatable bonds is 7. The SMILES string of the molecule is NC(=O)c1ccccc1OCC(=O)OCC(=O)c1ccc2c(c1)OCCCO2. The zero-order valence-electron chi connectivity index (χ0n) is 15.0. The van der Waals surface area contributed by atoms with Gasteiger partial charge in [-0.25, -0.2) is 4.79 Å². The summed E-state index contributed by atoms with van der Waals surface area (Å²) in [4.78, 5) is 35.4. The lowest BCUT2D eigenvalue weighted by molar-refractivity contribution is -0.144. The number of fused-ring (bicyclic) bond motifs is 1. The summed E-state index contributed by atoms with van der Waals surface area (Å²) >= 11 is 0. The summed E-state index contributed by atoms with van der Waals surface area (Å²) in [5, 5.41) is 0. The Hall–Kier alpha value is -3.55. The van der Waals surface area contributed by atoms with Gasteiger partial charge >= 0.3 is 5.97 Å². The zero-order chi connectivity index (χ0) is 19.9. The molecule has 2 N–H and O–H groups in total. The van der Waals surface area contributed by atoms with Gasteiger partial charge in [0.25, 0.3) is 5.91 Å². The Labute approximate surface area is 161 Å². The maximum atomic E-state index is 12.3. The van der Waals surface area contributed by atoms with E-state index in [1.807, 2.05) is 0 Å². The summed E-state index contributed by atoms with van der Waals surface area (Å²) in [6.07, 6.45) is 0.758. The molecule has 0 aliphatic carbocycles. The van der Waals surface area contributed by atoms with E-state index in [1.54, 1.807) is 30.3 Å². The molecule has 0 radical (unpaired) electrons. The fourth-order valence-corrected chi connectivity index (χ4v) is 2.54. The smallest absolute Gasteiger partial charge is 0.344 e. The molecule has 0 saturated carbocycles. The number of hydrogen-bond acceptors (Lipinski definition) is 7. The van der Waals surface area contributed by atoms with Crippen molar-refractivity contribution in [2.45, 2.75) is 6.42 Å². The first-order chi connectivity index (χ1) is 13.5. The van der Waals surface area contributed by atoms with Crippen molar-refractivity contribution in [2.75, 3.05) is 26.4 Å². The van der Waals surface area contributed by atoms with Gasteiger partial charge in [0.2, 0.25) is 0 Å². The second-order valence-electron chi connectivity index (χ2n) is 5.94. The first kappa shape index (κ1) is 19.2. The van der Waals surface area contributed by atoms with Gasteiger partial charge in [0, 0.05) is 12.0 Å². The molecule has 28 heavy (non-hydrogen) atoms. The van der Waals surface area contributed by atoms with E-state index < -0.39 is 25.1 Å². The van der Waals surface area contributed by atoms with E-state index in [9.17, 15) is 14.4 Å². The molecule has 3 rings (SSSR count). The van der Waals surface area contributed by atoms with E-state index in [0.717, 1.165) is 6.42 Å². The number of nitrogens with two attached hydrogens (primary N) is 1. The lowest BCUT2D eigenvalue weighted by Crippen LogP contribution is -2.21. The van der Waals surface area contributed by atoms with Gasteiger partial charge in [-0.1, -0.05) is 12.1 Å². The third kappa shape index (κ3) is 4.79. The first-order valence-corrected chi connectivity index (χ1v) is 8.64. The van der Waals surface area contributed by atoms with Crippen molar-refractivity contribution in [3.05, 3.63) is 53.6 Å². The number of esters is 1. The van der Waals surface area contributed by atoms with Crippen LogP contribution in [-0.4, -0.2) is 44.1 Å². The van der Waals surface area contributed by atoms with Gasteiger partial charge in [-0.2, -0.15) is 0 Å². The van der Waals surface area contributed by atoms with E-state index in [1.165, 1.54) is 12.1 Å². The average molecular weight is 385 g/mol. The standard InChI is InChI=1S/C20H19NO7/c21-20(24)14-4-1-2-5-16(14)27-12-19(23)28-11-15(22)13-6-7-17-18(10-13)26-9-3-8-25-17/h1-2,4-7,10H,3,8-9,11-12H2,(H2,21,24). The van der Waals surface area contributed by atoms with Gasteiger partial charge in [0.1, 0.15) is 5.75 Å². The number of carbonyl (C=O) groups is 3. The summed E-state index contributed by atoms with van der Waals surface area (Å²) in [7, 11) is 0. The molecule has 0 atom stereocenters. The van der Waals surface area contributed by atoms with Crippen molar-refractivity contribution in [2.24, 2.45) is 5.73 Å². The Kier molecular flexibility index (Phi) is 6.11. The number of primary amides is 1. The van der Waals surface area contributed by atoms with Crippen molar-refractivity contribution in [3.8, 4) is 17.2 Å². The Morgan fingerprint density at radius 3 is 2.50 bits per heavy atom. The number of Topliss-reactive ketones (excluding diaryl/α,β-unsaturated/α-hetero) is 1. The minimum atomic E-state index is -0.748. The molecular weight excluding hydrogens is 366 g/mol. The number of ketones is 1. The van der Waals surface area contributed by atoms with Gasteiger partial charge in [-0.15, -0.1) is 0 Å². The van der Waals surface area contributed by atoms with Crippen molar-refractivity contribution in [3.63, 3.8) is 0 Å².